The van der Waals surface area contributed by atoms with E-state index >= 15 is 0 Å². The van der Waals surface area contributed by atoms with E-state index in [1.807, 2.05) is 42.5 Å². The van der Waals surface area contributed by atoms with Gasteiger partial charge in [-0.25, -0.2) is 0 Å². The monoisotopic (exact) mass is 234 g/mol. The van der Waals surface area contributed by atoms with Crippen LogP contribution in [0.25, 0.3) is 0 Å². The molecule has 3 rings (SSSR count). The van der Waals surface area contributed by atoms with Crippen molar-refractivity contribution in [3.05, 3.63) is 47.5 Å². The number of benzene rings is 2. The van der Waals surface area contributed by atoms with Crippen molar-refractivity contribution in [2.45, 2.75) is 0 Å². The van der Waals surface area contributed by atoms with Gasteiger partial charge in [-0.05, 0) is 24.3 Å². The van der Waals surface area contributed by atoms with Crippen LogP contribution in [0.15, 0.2) is 42.5 Å². The van der Waals surface area contributed by atoms with Gasteiger partial charge in [-0.15, -0.1) is 0 Å². The summed E-state index contributed by atoms with van der Waals surface area (Å²) in [7, 11) is 0. The molecule has 0 amide bonds. The molecule has 1 aliphatic rings. The first-order valence-corrected chi connectivity index (χ1v) is 5.05. The Morgan fingerprint density at radius 1 is 0.938 bits per heavy atom. The maximum Gasteiger partial charge on any atom is 0.152 e. The molecule has 0 aliphatic carbocycles. The zero-order chi connectivity index (χ0) is 10.3. The molecule has 0 bridgehead atoms. The second kappa shape index (κ2) is 4.04. The van der Waals surface area contributed by atoms with Crippen LogP contribution < -0.4 is 16.2 Å². The Bertz CT molecular complexity index is 528. The van der Waals surface area contributed by atoms with Gasteiger partial charge in [0.1, 0.15) is 5.69 Å². The lowest BCUT2D eigenvalue weighted by atomic mass is 10.2. The predicted molar refractivity (Wildman–Crippen MR) is 66.3 cm³/mol. The van der Waals surface area contributed by atoms with Gasteiger partial charge in [-0.1, -0.05) is 29.8 Å². The minimum atomic E-state index is 0. The van der Waals surface area contributed by atoms with Gasteiger partial charge in [-0.3, -0.25) is 0 Å². The van der Waals surface area contributed by atoms with Crippen LogP contribution in [0.1, 0.15) is 0 Å². The molecule has 2 aromatic rings. The number of hydrogen-bond acceptors (Lipinski definition) is 3. The zero-order valence-electron chi connectivity index (χ0n) is 8.53. The highest BCUT2D eigenvalue weighted by Crippen LogP contribution is 2.44. The Kier molecular flexibility index (Phi) is 2.73. The van der Waals surface area contributed by atoms with Gasteiger partial charge in [0.15, 0.2) is 11.5 Å². The molecule has 3 nitrogen and oxygen atoms in total. The summed E-state index contributed by atoms with van der Waals surface area (Å²) in [5.74, 6) is 1.59. The summed E-state index contributed by atoms with van der Waals surface area (Å²) >= 11 is 6.07. The smallest absolute Gasteiger partial charge is 0.152 e. The Labute approximate surface area is 98.6 Å². The van der Waals surface area contributed by atoms with E-state index in [0.29, 0.717) is 5.02 Å². The number of ether oxygens (including phenoxy) is 1. The van der Waals surface area contributed by atoms with E-state index in [4.69, 9.17) is 16.3 Å². The number of para-hydroxylation sites is 3. The van der Waals surface area contributed by atoms with E-state index in [0.717, 1.165) is 22.9 Å². The lowest BCUT2D eigenvalue weighted by Gasteiger charge is -2.22. The average Bonchev–Trinajstić information content (AvgIpc) is 2.27. The summed E-state index contributed by atoms with van der Waals surface area (Å²) in [6, 6.07) is 13.4. The van der Waals surface area contributed by atoms with Crippen molar-refractivity contribution in [1.29, 1.82) is 0 Å². The molecule has 4 heteroatoms. The largest absolute Gasteiger partial charge is 0.453 e. The average molecular weight is 235 g/mol. The number of hydrogen-bond donors (Lipinski definition) is 2. The Balaban J connectivity index is 0.000000963. The molecule has 2 aromatic carbocycles. The highest BCUT2D eigenvalue weighted by molar-refractivity contribution is 6.33. The zero-order valence-corrected chi connectivity index (χ0v) is 9.29. The van der Waals surface area contributed by atoms with Gasteiger partial charge in [-0.2, -0.15) is 0 Å². The molecule has 0 unspecified atom stereocenters. The third kappa shape index (κ3) is 1.60. The first kappa shape index (κ1) is 10.8. The van der Waals surface area contributed by atoms with Crippen molar-refractivity contribution in [3.8, 4) is 11.5 Å². The second-order valence-corrected chi connectivity index (χ2v) is 3.74. The van der Waals surface area contributed by atoms with Crippen LogP contribution >= 0.6 is 11.6 Å². The van der Waals surface area contributed by atoms with Crippen molar-refractivity contribution in [2.75, 3.05) is 5.32 Å². The first-order valence-electron chi connectivity index (χ1n) is 4.67. The van der Waals surface area contributed by atoms with Gasteiger partial charge in [0.05, 0.1) is 10.7 Å². The van der Waals surface area contributed by atoms with E-state index < -0.39 is 0 Å². The van der Waals surface area contributed by atoms with Crippen LogP contribution in [0, 0.1) is 0 Å². The second-order valence-electron chi connectivity index (χ2n) is 3.34. The van der Waals surface area contributed by atoms with Crippen molar-refractivity contribution in [1.82, 2.24) is 6.15 Å². The molecule has 0 radical (unpaired) electrons. The molecule has 0 aromatic heterocycles. The third-order valence-electron chi connectivity index (χ3n) is 2.34. The van der Waals surface area contributed by atoms with Crippen LogP contribution in [-0.4, -0.2) is 0 Å². The molecule has 82 valence electrons. The number of fused-ring (bicyclic) bond motifs is 2. The maximum atomic E-state index is 6.07. The van der Waals surface area contributed by atoms with Gasteiger partial charge in [0, 0.05) is 0 Å². The molecule has 1 heterocycles. The molecular formula is C12H11ClN2O. The minimum Gasteiger partial charge on any atom is -0.453 e. The normalized spacial score (nSPS) is 11.3. The summed E-state index contributed by atoms with van der Waals surface area (Å²) in [6.45, 7) is 0. The van der Waals surface area contributed by atoms with E-state index in [1.54, 1.807) is 0 Å². The predicted octanol–water partition coefficient (Wildman–Crippen LogP) is 4.35. The van der Waals surface area contributed by atoms with Gasteiger partial charge >= 0.3 is 0 Å². The summed E-state index contributed by atoms with van der Waals surface area (Å²) in [6.07, 6.45) is 0. The lowest BCUT2D eigenvalue weighted by Crippen LogP contribution is -2.02. The van der Waals surface area contributed by atoms with Gasteiger partial charge in [0.25, 0.3) is 0 Å². The molecular weight excluding hydrogens is 224 g/mol. The highest BCUT2D eigenvalue weighted by atomic mass is 35.5. The maximum absolute atomic E-state index is 6.07. The molecule has 1 aliphatic heterocycles. The van der Waals surface area contributed by atoms with Crippen LogP contribution in [0.2, 0.25) is 5.02 Å². The molecule has 0 saturated carbocycles. The summed E-state index contributed by atoms with van der Waals surface area (Å²) in [4.78, 5) is 0. The number of anilines is 2. The Morgan fingerprint density at radius 2 is 1.69 bits per heavy atom. The van der Waals surface area contributed by atoms with E-state index in [2.05, 4.69) is 5.32 Å². The Hall–Kier alpha value is -1.71. The van der Waals surface area contributed by atoms with Crippen LogP contribution in [0.4, 0.5) is 11.4 Å². The van der Waals surface area contributed by atoms with E-state index in [1.165, 1.54) is 0 Å². The van der Waals surface area contributed by atoms with Crippen molar-refractivity contribution in [2.24, 2.45) is 0 Å². The van der Waals surface area contributed by atoms with Crippen molar-refractivity contribution >= 4 is 23.0 Å². The fraction of sp³-hybridized carbons (Fsp3) is 0. The number of nitrogens with one attached hydrogen (secondary N) is 1. The quantitative estimate of drug-likeness (QED) is 0.608. The van der Waals surface area contributed by atoms with Crippen molar-refractivity contribution < 1.29 is 4.74 Å². The van der Waals surface area contributed by atoms with E-state index in [9.17, 15) is 0 Å². The summed E-state index contributed by atoms with van der Waals surface area (Å²) < 4.78 is 5.71. The molecule has 0 spiro atoms. The van der Waals surface area contributed by atoms with Crippen LogP contribution in [0.5, 0.6) is 11.5 Å². The SMILES string of the molecule is Clc1cccc2c1Nc1ccccc1O2.N. The summed E-state index contributed by atoms with van der Waals surface area (Å²) in [5.41, 5.74) is 1.77. The lowest BCUT2D eigenvalue weighted by molar-refractivity contribution is 0.481. The van der Waals surface area contributed by atoms with E-state index in [-0.39, 0.29) is 6.15 Å². The fourth-order valence-electron chi connectivity index (χ4n) is 1.62. The van der Waals surface area contributed by atoms with Crippen LogP contribution in [0.3, 0.4) is 0 Å². The van der Waals surface area contributed by atoms with Crippen LogP contribution in [-0.2, 0) is 0 Å². The van der Waals surface area contributed by atoms with Crippen molar-refractivity contribution in [3.63, 3.8) is 0 Å². The minimum absolute atomic E-state index is 0. The molecule has 0 saturated heterocycles. The molecule has 0 atom stereocenters. The first-order chi connectivity index (χ1) is 7.34. The topological polar surface area (TPSA) is 56.3 Å². The highest BCUT2D eigenvalue weighted by Gasteiger charge is 2.17. The summed E-state index contributed by atoms with van der Waals surface area (Å²) in [5, 5.41) is 3.92. The molecule has 0 fully saturated rings. The van der Waals surface area contributed by atoms with Gasteiger partial charge in [0.2, 0.25) is 0 Å². The number of halogens is 1. The Morgan fingerprint density at radius 3 is 2.56 bits per heavy atom. The number of rotatable bonds is 0. The fourth-order valence-corrected chi connectivity index (χ4v) is 1.84. The molecule has 4 N–H and O–H groups in total. The third-order valence-corrected chi connectivity index (χ3v) is 2.66. The van der Waals surface area contributed by atoms with Gasteiger partial charge < -0.3 is 16.2 Å². The molecule has 16 heavy (non-hydrogen) atoms. The standard InChI is InChI=1S/C12H8ClNO.H3N/c13-8-4-3-7-11-12(8)14-9-5-1-2-6-10(9)15-11;/h1-7,14H;1H3.